The summed E-state index contributed by atoms with van der Waals surface area (Å²) in [6, 6.07) is 10.6. The number of benzene rings is 1. The Morgan fingerprint density at radius 3 is 2.38 bits per heavy atom. The lowest BCUT2D eigenvalue weighted by atomic mass is 9.69. The lowest BCUT2D eigenvalue weighted by Crippen LogP contribution is -2.53. The fourth-order valence-electron chi connectivity index (χ4n) is 4.93. The van der Waals surface area contributed by atoms with Crippen molar-refractivity contribution in [3.8, 4) is 0 Å². The second-order valence-electron chi connectivity index (χ2n) is 9.94. The van der Waals surface area contributed by atoms with Crippen LogP contribution >= 0.6 is 0 Å². The van der Waals surface area contributed by atoms with Crippen LogP contribution in [0.4, 0.5) is 0 Å². The molecule has 2 heteroatoms. The zero-order chi connectivity index (χ0) is 18.6. The van der Waals surface area contributed by atoms with Crippen molar-refractivity contribution >= 4 is 0 Å². The van der Waals surface area contributed by atoms with E-state index in [1.165, 1.54) is 57.2 Å². The van der Waals surface area contributed by atoms with Gasteiger partial charge in [-0.1, -0.05) is 51.1 Å². The van der Waals surface area contributed by atoms with Crippen molar-refractivity contribution < 1.29 is 4.74 Å². The fraction of sp³-hybridized carbons (Fsp3) is 0.750. The largest absolute Gasteiger partial charge is 0.356 e. The molecule has 1 aromatic carbocycles. The molecule has 0 bridgehead atoms. The maximum atomic E-state index is 6.51. The first-order valence-electron chi connectivity index (χ1n) is 10.8. The second kappa shape index (κ2) is 8.44. The van der Waals surface area contributed by atoms with Crippen LogP contribution in [0, 0.1) is 17.3 Å². The van der Waals surface area contributed by atoms with Crippen molar-refractivity contribution in [1.82, 2.24) is 4.90 Å². The summed E-state index contributed by atoms with van der Waals surface area (Å²) in [5.41, 5.74) is 1.67. The SMILES string of the molecule is CC(C)(C)C1CCC(CN2CCCCC2(C)OCc2ccccc2)CC1. The van der Waals surface area contributed by atoms with Crippen LogP contribution in [0.2, 0.25) is 0 Å². The summed E-state index contributed by atoms with van der Waals surface area (Å²) in [6.07, 6.45) is 9.38. The van der Waals surface area contributed by atoms with Crippen LogP contribution in [0.5, 0.6) is 0 Å². The van der Waals surface area contributed by atoms with E-state index in [1.54, 1.807) is 0 Å². The molecule has 1 saturated carbocycles. The molecule has 1 atom stereocenters. The number of piperidine rings is 1. The van der Waals surface area contributed by atoms with Crippen LogP contribution in [-0.2, 0) is 11.3 Å². The number of hydrogen-bond donors (Lipinski definition) is 0. The van der Waals surface area contributed by atoms with Crippen LogP contribution in [0.15, 0.2) is 30.3 Å². The van der Waals surface area contributed by atoms with Crippen LogP contribution < -0.4 is 0 Å². The summed E-state index contributed by atoms with van der Waals surface area (Å²) in [5, 5.41) is 0. The van der Waals surface area contributed by atoms with Crippen LogP contribution in [0.3, 0.4) is 0 Å². The fourth-order valence-corrected chi connectivity index (χ4v) is 4.93. The van der Waals surface area contributed by atoms with Crippen LogP contribution in [-0.4, -0.2) is 23.7 Å². The Balaban J connectivity index is 1.55. The van der Waals surface area contributed by atoms with E-state index in [-0.39, 0.29) is 5.72 Å². The monoisotopic (exact) mass is 357 g/mol. The molecule has 2 fully saturated rings. The van der Waals surface area contributed by atoms with E-state index in [9.17, 15) is 0 Å². The molecule has 1 heterocycles. The molecule has 0 amide bonds. The molecule has 1 aliphatic heterocycles. The summed E-state index contributed by atoms with van der Waals surface area (Å²) < 4.78 is 6.51. The highest BCUT2D eigenvalue weighted by molar-refractivity contribution is 5.13. The maximum absolute atomic E-state index is 6.51. The zero-order valence-corrected chi connectivity index (χ0v) is 17.5. The van der Waals surface area contributed by atoms with Crippen molar-refractivity contribution in [3.63, 3.8) is 0 Å². The van der Waals surface area contributed by atoms with Crippen molar-refractivity contribution in [1.29, 1.82) is 0 Å². The molecule has 1 aliphatic carbocycles. The van der Waals surface area contributed by atoms with Gasteiger partial charge in [0.15, 0.2) is 0 Å². The van der Waals surface area contributed by atoms with E-state index in [4.69, 9.17) is 4.74 Å². The number of rotatable bonds is 5. The first-order chi connectivity index (χ1) is 12.4. The third kappa shape index (κ3) is 5.10. The lowest BCUT2D eigenvalue weighted by Gasteiger charge is -2.47. The van der Waals surface area contributed by atoms with E-state index >= 15 is 0 Å². The van der Waals surface area contributed by atoms with Gasteiger partial charge in [0.05, 0.1) is 6.61 Å². The molecule has 1 aromatic rings. The van der Waals surface area contributed by atoms with Gasteiger partial charge in [0.25, 0.3) is 0 Å². The van der Waals surface area contributed by atoms with E-state index < -0.39 is 0 Å². The molecule has 3 rings (SSSR count). The molecule has 0 radical (unpaired) electrons. The van der Waals surface area contributed by atoms with Gasteiger partial charge in [-0.05, 0) is 74.7 Å². The minimum atomic E-state index is -0.0883. The van der Waals surface area contributed by atoms with Gasteiger partial charge < -0.3 is 4.74 Å². The zero-order valence-electron chi connectivity index (χ0n) is 17.5. The molecule has 1 saturated heterocycles. The molecule has 1 unspecified atom stereocenters. The minimum Gasteiger partial charge on any atom is -0.356 e. The third-order valence-electron chi connectivity index (χ3n) is 6.93. The highest BCUT2D eigenvalue weighted by atomic mass is 16.5. The van der Waals surface area contributed by atoms with Crippen LogP contribution in [0.25, 0.3) is 0 Å². The molecule has 2 aliphatic rings. The van der Waals surface area contributed by atoms with Gasteiger partial charge in [-0.25, -0.2) is 0 Å². The predicted octanol–water partition coefficient (Wildman–Crippen LogP) is 6.26. The highest BCUT2D eigenvalue weighted by Crippen LogP contribution is 2.41. The molecule has 0 N–H and O–H groups in total. The van der Waals surface area contributed by atoms with Gasteiger partial charge in [0, 0.05) is 13.1 Å². The summed E-state index contributed by atoms with van der Waals surface area (Å²) in [6.45, 7) is 12.7. The molecular weight excluding hydrogens is 318 g/mol. The van der Waals surface area contributed by atoms with E-state index in [2.05, 4.69) is 62.9 Å². The Hall–Kier alpha value is -0.860. The van der Waals surface area contributed by atoms with E-state index in [1.807, 2.05) is 0 Å². The van der Waals surface area contributed by atoms with Crippen molar-refractivity contribution in [2.45, 2.75) is 85.0 Å². The second-order valence-corrected chi connectivity index (χ2v) is 9.94. The third-order valence-corrected chi connectivity index (χ3v) is 6.93. The van der Waals surface area contributed by atoms with Gasteiger partial charge in [0.1, 0.15) is 5.72 Å². The Bertz CT molecular complexity index is 541. The number of likely N-dealkylation sites (tertiary alicyclic amines) is 1. The van der Waals surface area contributed by atoms with E-state index in [0.29, 0.717) is 5.41 Å². The van der Waals surface area contributed by atoms with Crippen molar-refractivity contribution in [2.75, 3.05) is 13.1 Å². The number of nitrogens with zero attached hydrogens (tertiary/aromatic N) is 1. The van der Waals surface area contributed by atoms with Gasteiger partial charge in [0.2, 0.25) is 0 Å². The highest BCUT2D eigenvalue weighted by Gasteiger charge is 2.38. The number of ether oxygens (including phenoxy) is 1. The molecule has 26 heavy (non-hydrogen) atoms. The Labute approximate surface area is 161 Å². The number of hydrogen-bond acceptors (Lipinski definition) is 2. The van der Waals surface area contributed by atoms with Gasteiger partial charge >= 0.3 is 0 Å². The Kier molecular flexibility index (Phi) is 6.45. The first kappa shape index (κ1) is 19.9. The standard InChI is InChI=1S/C24H39NO/c1-23(2,3)22-14-12-20(13-15-22)18-25-17-9-8-16-24(25,4)26-19-21-10-6-5-7-11-21/h5-7,10-11,20,22H,8-9,12-19H2,1-4H3. The molecule has 0 aromatic heterocycles. The quantitative estimate of drug-likeness (QED) is 0.617. The van der Waals surface area contributed by atoms with Crippen LogP contribution in [0.1, 0.15) is 78.2 Å². The Morgan fingerprint density at radius 1 is 1.04 bits per heavy atom. The first-order valence-corrected chi connectivity index (χ1v) is 10.8. The topological polar surface area (TPSA) is 12.5 Å². The van der Waals surface area contributed by atoms with Crippen molar-refractivity contribution in [3.05, 3.63) is 35.9 Å². The Morgan fingerprint density at radius 2 is 1.73 bits per heavy atom. The molecule has 0 spiro atoms. The summed E-state index contributed by atoms with van der Waals surface area (Å²) in [7, 11) is 0. The van der Waals surface area contributed by atoms with Gasteiger partial charge in [-0.15, -0.1) is 0 Å². The molecule has 146 valence electrons. The summed E-state index contributed by atoms with van der Waals surface area (Å²) >= 11 is 0. The lowest BCUT2D eigenvalue weighted by molar-refractivity contribution is -0.176. The average Bonchev–Trinajstić information content (AvgIpc) is 2.63. The smallest absolute Gasteiger partial charge is 0.119 e. The van der Waals surface area contributed by atoms with Gasteiger partial charge in [-0.2, -0.15) is 0 Å². The maximum Gasteiger partial charge on any atom is 0.119 e. The van der Waals surface area contributed by atoms with Gasteiger partial charge in [-0.3, -0.25) is 4.90 Å². The predicted molar refractivity (Wildman–Crippen MR) is 110 cm³/mol. The minimum absolute atomic E-state index is 0.0883. The average molecular weight is 358 g/mol. The summed E-state index contributed by atoms with van der Waals surface area (Å²) in [5.74, 6) is 1.76. The summed E-state index contributed by atoms with van der Waals surface area (Å²) in [4.78, 5) is 2.67. The molecular formula is C24H39NO. The normalized spacial score (nSPS) is 31.1. The van der Waals surface area contributed by atoms with E-state index in [0.717, 1.165) is 24.9 Å². The van der Waals surface area contributed by atoms with Crippen molar-refractivity contribution in [2.24, 2.45) is 17.3 Å². The molecule has 2 nitrogen and oxygen atoms in total.